The molecule has 8 heteroatoms. The summed E-state index contributed by atoms with van der Waals surface area (Å²) in [5.74, 6) is -0.248. The van der Waals surface area contributed by atoms with E-state index in [1.165, 1.54) is 20.1 Å². The Kier molecular flexibility index (Phi) is 5.07. The normalized spacial score (nSPS) is 26.6. The minimum atomic E-state index is -1.31. The molecule has 3 aliphatic rings. The Morgan fingerprint density at radius 1 is 1.17 bits per heavy atom. The molecule has 0 spiro atoms. The number of methoxy groups -OCH3 is 4. The molecular weight excluding hydrogens is 390 g/mol. The summed E-state index contributed by atoms with van der Waals surface area (Å²) in [5.41, 5.74) is 3.22. The monoisotopic (exact) mass is 415 g/mol. The van der Waals surface area contributed by atoms with Crippen molar-refractivity contribution in [3.05, 3.63) is 34.9 Å². The van der Waals surface area contributed by atoms with Crippen LogP contribution in [0.5, 0.6) is 17.2 Å². The number of carbonyl (C=O) groups is 2. The maximum atomic E-state index is 12.9. The van der Waals surface area contributed by atoms with Crippen LogP contribution in [0.25, 0.3) is 5.57 Å². The Bertz CT molecular complexity index is 980. The van der Waals surface area contributed by atoms with Gasteiger partial charge < -0.3 is 29.0 Å². The quantitative estimate of drug-likeness (QED) is 0.733. The number of epoxide rings is 1. The summed E-state index contributed by atoms with van der Waals surface area (Å²) in [6, 6.07) is 1.56. The lowest BCUT2D eigenvalue weighted by atomic mass is 9.91. The van der Waals surface area contributed by atoms with Crippen molar-refractivity contribution in [3.8, 4) is 17.2 Å². The average Bonchev–Trinajstić information content (AvgIpc) is 3.48. The van der Waals surface area contributed by atoms with Gasteiger partial charge in [-0.2, -0.15) is 0 Å². The minimum Gasteiger partial charge on any atom is -0.493 e. The highest BCUT2D eigenvalue weighted by atomic mass is 16.8. The molecule has 1 N–H and O–H groups in total. The fourth-order valence-electron chi connectivity index (χ4n) is 4.39. The lowest BCUT2D eigenvalue weighted by Crippen LogP contribution is -2.35. The number of amides is 1. The van der Waals surface area contributed by atoms with Crippen LogP contribution in [-0.4, -0.2) is 58.1 Å². The zero-order valence-corrected chi connectivity index (χ0v) is 17.7. The van der Waals surface area contributed by atoms with Gasteiger partial charge in [-0.05, 0) is 47.8 Å². The third-order valence-electron chi connectivity index (χ3n) is 5.82. The summed E-state index contributed by atoms with van der Waals surface area (Å²) in [7, 11) is 6.13. The first-order valence-corrected chi connectivity index (χ1v) is 9.70. The van der Waals surface area contributed by atoms with E-state index in [4.69, 9.17) is 23.7 Å². The molecule has 1 aliphatic heterocycles. The third-order valence-corrected chi connectivity index (χ3v) is 5.82. The zero-order chi connectivity index (χ0) is 21.6. The number of hydrogen-bond acceptors (Lipinski definition) is 7. The largest absolute Gasteiger partial charge is 0.493 e. The molecule has 1 amide bonds. The van der Waals surface area contributed by atoms with Crippen LogP contribution in [0, 0.1) is 0 Å². The molecule has 4 rings (SSSR count). The van der Waals surface area contributed by atoms with Crippen LogP contribution in [0.3, 0.4) is 0 Å². The van der Waals surface area contributed by atoms with E-state index in [1.807, 2.05) is 12.1 Å². The van der Waals surface area contributed by atoms with Gasteiger partial charge in [-0.25, -0.2) is 0 Å². The molecule has 3 atom stereocenters. The van der Waals surface area contributed by atoms with Gasteiger partial charge in [0.15, 0.2) is 11.5 Å². The molecular formula is C22H25NO7. The van der Waals surface area contributed by atoms with Gasteiger partial charge in [0, 0.05) is 19.6 Å². The number of hydrogen-bond donors (Lipinski definition) is 1. The van der Waals surface area contributed by atoms with Crippen molar-refractivity contribution in [1.82, 2.24) is 5.32 Å². The van der Waals surface area contributed by atoms with E-state index in [1.54, 1.807) is 21.3 Å². The second-order valence-corrected chi connectivity index (χ2v) is 7.43. The molecule has 30 heavy (non-hydrogen) atoms. The van der Waals surface area contributed by atoms with E-state index in [-0.39, 0.29) is 17.7 Å². The zero-order valence-electron chi connectivity index (χ0n) is 17.7. The van der Waals surface area contributed by atoms with Gasteiger partial charge in [-0.1, -0.05) is 0 Å². The van der Waals surface area contributed by atoms with Crippen LogP contribution in [0.4, 0.5) is 0 Å². The van der Waals surface area contributed by atoms with E-state index in [2.05, 4.69) is 5.32 Å². The predicted octanol–water partition coefficient (Wildman–Crippen LogP) is 1.80. The number of fused-ring (bicyclic) bond motifs is 4. The Hall–Kier alpha value is -2.84. The van der Waals surface area contributed by atoms with Gasteiger partial charge >= 0.3 is 0 Å². The van der Waals surface area contributed by atoms with Crippen molar-refractivity contribution in [2.45, 2.75) is 37.7 Å². The van der Waals surface area contributed by atoms with Crippen molar-refractivity contribution >= 4 is 17.3 Å². The number of benzene rings is 1. The maximum absolute atomic E-state index is 12.9. The molecule has 1 saturated heterocycles. The molecule has 1 aromatic carbocycles. The summed E-state index contributed by atoms with van der Waals surface area (Å²) in [6.07, 6.45) is 4.11. The van der Waals surface area contributed by atoms with Gasteiger partial charge in [-0.3, -0.25) is 9.59 Å². The smallest absolute Gasteiger partial charge is 0.264 e. The minimum absolute atomic E-state index is 0.173. The first kappa shape index (κ1) is 20.4. The van der Waals surface area contributed by atoms with Gasteiger partial charge in [0.25, 0.3) is 5.79 Å². The van der Waals surface area contributed by atoms with Crippen molar-refractivity contribution in [2.24, 2.45) is 0 Å². The topological polar surface area (TPSA) is 95.6 Å². The van der Waals surface area contributed by atoms with E-state index in [0.29, 0.717) is 35.7 Å². The first-order chi connectivity index (χ1) is 14.4. The van der Waals surface area contributed by atoms with Gasteiger partial charge in [-0.15, -0.1) is 0 Å². The maximum Gasteiger partial charge on any atom is 0.264 e. The van der Waals surface area contributed by atoms with E-state index in [0.717, 1.165) is 16.7 Å². The van der Waals surface area contributed by atoms with E-state index >= 15 is 0 Å². The number of ether oxygens (including phenoxy) is 5. The number of aryl methyl sites for hydroxylation is 1. The molecule has 8 nitrogen and oxygen atoms in total. The Morgan fingerprint density at radius 2 is 1.90 bits per heavy atom. The lowest BCUT2D eigenvalue weighted by molar-refractivity contribution is -0.134. The SMILES string of the molecule is COc1cc2c(c(OC)c1OC)C1=C[C@@H]3O[C@]3(OC)C(=O)C=C1[C@@H](NC(C)=O)CC2. The van der Waals surface area contributed by atoms with Gasteiger partial charge in [0.2, 0.25) is 17.4 Å². The predicted molar refractivity (Wildman–Crippen MR) is 108 cm³/mol. The Morgan fingerprint density at radius 3 is 2.50 bits per heavy atom. The standard InChI is InChI=1S/C22H25NO7/c1-11(24)23-15-7-6-12-8-16(26-2)20(27-3)21(28-4)19(12)14-10-18-22(29-5,30-18)17(25)9-13(14)15/h8-10,15,18H,6-7H2,1-5H3,(H,23,24)/t15-,18-,22+/m0/s1. The average molecular weight is 415 g/mol. The molecule has 2 aliphatic carbocycles. The van der Waals surface area contributed by atoms with Crippen molar-refractivity contribution in [3.63, 3.8) is 0 Å². The van der Waals surface area contributed by atoms with Crippen LogP contribution in [0.1, 0.15) is 24.5 Å². The molecule has 0 radical (unpaired) electrons. The highest BCUT2D eigenvalue weighted by Crippen LogP contribution is 2.52. The van der Waals surface area contributed by atoms with Crippen LogP contribution in [-0.2, 0) is 25.5 Å². The van der Waals surface area contributed by atoms with E-state index < -0.39 is 11.9 Å². The van der Waals surface area contributed by atoms with Crippen molar-refractivity contribution in [1.29, 1.82) is 0 Å². The van der Waals surface area contributed by atoms with Crippen LogP contribution < -0.4 is 19.5 Å². The van der Waals surface area contributed by atoms with Gasteiger partial charge in [0.05, 0.1) is 27.4 Å². The third kappa shape index (κ3) is 2.98. The highest BCUT2D eigenvalue weighted by molar-refractivity contribution is 6.05. The molecule has 0 saturated carbocycles. The molecule has 160 valence electrons. The number of nitrogens with one attached hydrogen (secondary N) is 1. The number of rotatable bonds is 5. The Labute approximate surface area is 174 Å². The van der Waals surface area contributed by atoms with Crippen LogP contribution >= 0.6 is 0 Å². The molecule has 0 unspecified atom stereocenters. The van der Waals surface area contributed by atoms with Crippen LogP contribution in [0.15, 0.2) is 23.8 Å². The summed E-state index contributed by atoms with van der Waals surface area (Å²) in [5, 5.41) is 2.97. The fraction of sp³-hybridized carbons (Fsp3) is 0.455. The first-order valence-electron chi connectivity index (χ1n) is 9.70. The highest BCUT2D eigenvalue weighted by Gasteiger charge is 2.63. The molecule has 1 fully saturated rings. The fourth-order valence-corrected chi connectivity index (χ4v) is 4.39. The Balaban J connectivity index is 1.98. The summed E-state index contributed by atoms with van der Waals surface area (Å²) >= 11 is 0. The second-order valence-electron chi connectivity index (χ2n) is 7.43. The van der Waals surface area contributed by atoms with Crippen molar-refractivity contribution < 1.29 is 33.3 Å². The summed E-state index contributed by atoms with van der Waals surface area (Å²) in [4.78, 5) is 24.8. The summed E-state index contributed by atoms with van der Waals surface area (Å²) < 4.78 is 27.9. The summed E-state index contributed by atoms with van der Waals surface area (Å²) in [6.45, 7) is 1.46. The molecule has 0 aromatic heterocycles. The number of ketones is 1. The molecule has 1 aromatic rings. The van der Waals surface area contributed by atoms with Crippen LogP contribution in [0.2, 0.25) is 0 Å². The lowest BCUT2D eigenvalue weighted by Gasteiger charge is -2.22. The second kappa shape index (κ2) is 7.45. The van der Waals surface area contributed by atoms with Crippen molar-refractivity contribution in [2.75, 3.05) is 28.4 Å². The van der Waals surface area contributed by atoms with Gasteiger partial charge in [0.1, 0.15) is 6.10 Å². The van der Waals surface area contributed by atoms with E-state index in [9.17, 15) is 9.59 Å². The number of carbonyl (C=O) groups excluding carboxylic acids is 2. The molecule has 1 heterocycles. The molecule has 0 bridgehead atoms.